The maximum atomic E-state index is 6.04. The van der Waals surface area contributed by atoms with Gasteiger partial charge in [0, 0.05) is 23.9 Å². The molecule has 0 aliphatic rings. The van der Waals surface area contributed by atoms with Gasteiger partial charge in [0.25, 0.3) is 0 Å². The van der Waals surface area contributed by atoms with Crippen LogP contribution in [0.3, 0.4) is 0 Å². The number of benzene rings is 1. The average molecular weight is 246 g/mol. The Bertz CT molecular complexity index is 548. The van der Waals surface area contributed by atoms with Gasteiger partial charge in [-0.3, -0.25) is 0 Å². The van der Waals surface area contributed by atoms with E-state index in [4.69, 9.17) is 10.5 Å². The van der Waals surface area contributed by atoms with E-state index in [0.717, 1.165) is 35.9 Å². The Kier molecular flexibility index (Phi) is 3.50. The lowest BCUT2D eigenvalue weighted by molar-refractivity contribution is 0.415. The second-order valence-electron chi connectivity index (χ2n) is 4.18. The number of aromatic nitrogens is 3. The fourth-order valence-electron chi connectivity index (χ4n) is 1.94. The zero-order chi connectivity index (χ0) is 13.1. The van der Waals surface area contributed by atoms with Crippen LogP contribution in [0.5, 0.6) is 5.75 Å². The summed E-state index contributed by atoms with van der Waals surface area (Å²) in [7, 11) is 1.62. The van der Waals surface area contributed by atoms with E-state index < -0.39 is 0 Å². The van der Waals surface area contributed by atoms with E-state index in [0.29, 0.717) is 5.69 Å². The maximum absolute atomic E-state index is 6.04. The van der Waals surface area contributed by atoms with E-state index in [-0.39, 0.29) is 0 Å². The highest BCUT2D eigenvalue weighted by Gasteiger charge is 2.13. The molecule has 18 heavy (non-hydrogen) atoms. The predicted octanol–water partition coefficient (Wildman–Crippen LogP) is 2.25. The van der Waals surface area contributed by atoms with Gasteiger partial charge in [-0.05, 0) is 25.5 Å². The van der Waals surface area contributed by atoms with Crippen molar-refractivity contribution in [3.05, 3.63) is 24.0 Å². The summed E-state index contributed by atoms with van der Waals surface area (Å²) in [6.07, 6.45) is 1.03. The minimum Gasteiger partial charge on any atom is -0.497 e. The molecule has 5 heteroatoms. The number of nitrogen functional groups attached to an aromatic ring is 1. The van der Waals surface area contributed by atoms with Gasteiger partial charge in [-0.2, -0.15) is 0 Å². The number of aryl methyl sites for hydroxylation is 1. The number of methoxy groups -OCH3 is 1. The molecular weight excluding hydrogens is 228 g/mol. The van der Waals surface area contributed by atoms with Crippen molar-refractivity contribution in [1.29, 1.82) is 0 Å². The second-order valence-corrected chi connectivity index (χ2v) is 4.18. The molecule has 2 N–H and O–H groups in total. The fourth-order valence-corrected chi connectivity index (χ4v) is 1.94. The summed E-state index contributed by atoms with van der Waals surface area (Å²) in [4.78, 5) is 0. The van der Waals surface area contributed by atoms with E-state index in [2.05, 4.69) is 21.7 Å². The Morgan fingerprint density at radius 1 is 1.33 bits per heavy atom. The van der Waals surface area contributed by atoms with Gasteiger partial charge in [0.2, 0.25) is 0 Å². The SMILES string of the molecule is CCCn1c(C)nnc1-c1ccc(OC)cc1N. The molecular formula is C13H18N4O. The fraction of sp³-hybridized carbons (Fsp3) is 0.385. The van der Waals surface area contributed by atoms with Crippen LogP contribution in [0.15, 0.2) is 18.2 Å². The molecule has 0 unspecified atom stereocenters. The van der Waals surface area contributed by atoms with Crippen molar-refractivity contribution >= 4 is 5.69 Å². The highest BCUT2D eigenvalue weighted by molar-refractivity contribution is 5.73. The van der Waals surface area contributed by atoms with Gasteiger partial charge < -0.3 is 15.0 Å². The molecule has 2 rings (SSSR count). The van der Waals surface area contributed by atoms with E-state index in [9.17, 15) is 0 Å². The zero-order valence-electron chi connectivity index (χ0n) is 11.0. The van der Waals surface area contributed by atoms with Gasteiger partial charge in [0.05, 0.1) is 7.11 Å². The lowest BCUT2D eigenvalue weighted by atomic mass is 10.1. The van der Waals surface area contributed by atoms with Crippen LogP contribution in [-0.4, -0.2) is 21.9 Å². The number of nitrogens with two attached hydrogens (primary N) is 1. The number of ether oxygens (including phenoxy) is 1. The van der Waals surface area contributed by atoms with Gasteiger partial charge in [-0.1, -0.05) is 6.92 Å². The molecule has 96 valence electrons. The first-order valence-corrected chi connectivity index (χ1v) is 6.01. The molecule has 0 saturated carbocycles. The summed E-state index contributed by atoms with van der Waals surface area (Å²) >= 11 is 0. The normalized spacial score (nSPS) is 10.6. The Morgan fingerprint density at radius 3 is 2.72 bits per heavy atom. The van der Waals surface area contributed by atoms with Gasteiger partial charge in [-0.15, -0.1) is 10.2 Å². The molecule has 1 aromatic heterocycles. The van der Waals surface area contributed by atoms with Crippen LogP contribution in [0.2, 0.25) is 0 Å². The standard InChI is InChI=1S/C13H18N4O/c1-4-7-17-9(2)15-16-13(17)11-6-5-10(18-3)8-12(11)14/h5-6,8H,4,7,14H2,1-3H3. The van der Waals surface area contributed by atoms with E-state index in [1.807, 2.05) is 19.1 Å². The topological polar surface area (TPSA) is 66.0 Å². The van der Waals surface area contributed by atoms with Crippen molar-refractivity contribution in [2.75, 3.05) is 12.8 Å². The molecule has 0 aliphatic carbocycles. The lowest BCUT2D eigenvalue weighted by Crippen LogP contribution is -2.03. The summed E-state index contributed by atoms with van der Waals surface area (Å²) in [6.45, 7) is 4.96. The van der Waals surface area contributed by atoms with Crippen LogP contribution < -0.4 is 10.5 Å². The van der Waals surface area contributed by atoms with Crippen molar-refractivity contribution in [3.63, 3.8) is 0 Å². The molecule has 2 aromatic rings. The molecule has 0 saturated heterocycles. The predicted molar refractivity (Wildman–Crippen MR) is 71.5 cm³/mol. The zero-order valence-corrected chi connectivity index (χ0v) is 11.0. The Balaban J connectivity index is 2.48. The Hall–Kier alpha value is -2.04. The lowest BCUT2D eigenvalue weighted by Gasteiger charge is -2.10. The molecule has 0 amide bonds. The van der Waals surface area contributed by atoms with E-state index in [1.165, 1.54) is 0 Å². The summed E-state index contributed by atoms with van der Waals surface area (Å²) in [6, 6.07) is 5.60. The monoisotopic (exact) mass is 246 g/mol. The Labute approximate surface area is 107 Å². The highest BCUT2D eigenvalue weighted by atomic mass is 16.5. The summed E-state index contributed by atoms with van der Waals surface area (Å²) < 4.78 is 7.23. The van der Waals surface area contributed by atoms with Crippen molar-refractivity contribution in [2.45, 2.75) is 26.8 Å². The molecule has 1 aromatic carbocycles. The minimum absolute atomic E-state index is 0.652. The molecule has 1 heterocycles. The molecule has 0 atom stereocenters. The van der Waals surface area contributed by atoms with E-state index >= 15 is 0 Å². The molecule has 0 bridgehead atoms. The van der Waals surface area contributed by atoms with Crippen molar-refractivity contribution in [1.82, 2.24) is 14.8 Å². The summed E-state index contributed by atoms with van der Waals surface area (Å²) in [5.74, 6) is 2.46. The summed E-state index contributed by atoms with van der Waals surface area (Å²) in [5.41, 5.74) is 7.59. The number of hydrogen-bond acceptors (Lipinski definition) is 4. The molecule has 0 fully saturated rings. The van der Waals surface area contributed by atoms with Crippen LogP contribution in [-0.2, 0) is 6.54 Å². The average Bonchev–Trinajstić information content (AvgIpc) is 2.72. The first kappa shape index (κ1) is 12.4. The molecule has 0 radical (unpaired) electrons. The maximum Gasteiger partial charge on any atom is 0.166 e. The van der Waals surface area contributed by atoms with Gasteiger partial charge >= 0.3 is 0 Å². The molecule has 0 aliphatic heterocycles. The number of anilines is 1. The minimum atomic E-state index is 0.652. The van der Waals surface area contributed by atoms with E-state index in [1.54, 1.807) is 13.2 Å². The van der Waals surface area contributed by atoms with Crippen LogP contribution >= 0.6 is 0 Å². The third-order valence-electron chi connectivity index (χ3n) is 2.88. The van der Waals surface area contributed by atoms with Gasteiger partial charge in [0.1, 0.15) is 11.6 Å². The third-order valence-corrected chi connectivity index (χ3v) is 2.88. The highest BCUT2D eigenvalue weighted by Crippen LogP contribution is 2.28. The second kappa shape index (κ2) is 5.08. The van der Waals surface area contributed by atoms with Gasteiger partial charge in [0.15, 0.2) is 5.82 Å². The van der Waals surface area contributed by atoms with Crippen molar-refractivity contribution in [2.24, 2.45) is 0 Å². The number of rotatable bonds is 4. The first-order valence-electron chi connectivity index (χ1n) is 6.01. The van der Waals surface area contributed by atoms with Crippen molar-refractivity contribution in [3.8, 4) is 17.1 Å². The molecule has 0 spiro atoms. The van der Waals surface area contributed by atoms with Crippen LogP contribution in [0.4, 0.5) is 5.69 Å². The molecule has 5 nitrogen and oxygen atoms in total. The van der Waals surface area contributed by atoms with Crippen LogP contribution in [0.25, 0.3) is 11.4 Å². The first-order chi connectivity index (χ1) is 8.67. The largest absolute Gasteiger partial charge is 0.497 e. The van der Waals surface area contributed by atoms with Crippen LogP contribution in [0, 0.1) is 6.92 Å². The number of nitrogens with zero attached hydrogens (tertiary/aromatic N) is 3. The Morgan fingerprint density at radius 2 is 2.11 bits per heavy atom. The number of hydrogen-bond donors (Lipinski definition) is 1. The quantitative estimate of drug-likeness (QED) is 0.840. The van der Waals surface area contributed by atoms with Gasteiger partial charge in [-0.25, -0.2) is 0 Å². The summed E-state index contributed by atoms with van der Waals surface area (Å²) in [5, 5.41) is 8.33. The van der Waals surface area contributed by atoms with Crippen LogP contribution in [0.1, 0.15) is 19.2 Å². The smallest absolute Gasteiger partial charge is 0.166 e. The van der Waals surface area contributed by atoms with Crippen molar-refractivity contribution < 1.29 is 4.74 Å². The third kappa shape index (κ3) is 2.16.